The van der Waals surface area contributed by atoms with Gasteiger partial charge in [-0.1, -0.05) is 37.5 Å². The molecular weight excluding hydrogens is 531 g/mol. The van der Waals surface area contributed by atoms with Gasteiger partial charge in [-0.05, 0) is 56.2 Å². The predicted molar refractivity (Wildman–Crippen MR) is 139 cm³/mol. The first-order valence-electron chi connectivity index (χ1n) is 12.6. The lowest BCUT2D eigenvalue weighted by Crippen LogP contribution is -2.45. The number of aromatic nitrogens is 1. The predicted octanol–water partition coefficient (Wildman–Crippen LogP) is 4.94. The van der Waals surface area contributed by atoms with Gasteiger partial charge in [-0.3, -0.25) is 19.8 Å². The number of para-hydroxylation sites is 1. The Morgan fingerprint density at radius 1 is 1.02 bits per heavy atom. The molecule has 0 bridgehead atoms. The van der Waals surface area contributed by atoms with Gasteiger partial charge in [0.25, 0.3) is 5.91 Å². The van der Waals surface area contributed by atoms with Crippen molar-refractivity contribution in [1.29, 1.82) is 0 Å². The number of carbonyl (C=O) groups is 3. The van der Waals surface area contributed by atoms with Crippen LogP contribution < -0.4 is 15.5 Å². The number of nitrogens with one attached hydrogen (secondary N) is 2. The van der Waals surface area contributed by atoms with E-state index in [2.05, 4.69) is 10.3 Å². The normalized spacial score (nSPS) is 17.1. The number of ether oxygens (including phenoxy) is 1. The molecular formula is C28H30F3N3O6. The largest absolute Gasteiger partial charge is 0.490 e. The monoisotopic (exact) mass is 561 g/mol. The topological polar surface area (TPSA) is 138 Å². The molecule has 0 spiro atoms. The molecule has 2 aromatic carbocycles. The minimum atomic E-state index is -5.08. The molecule has 0 radical (unpaired) electrons. The molecule has 2 amide bonds. The number of alkyl halides is 3. The van der Waals surface area contributed by atoms with E-state index in [-0.39, 0.29) is 11.9 Å². The molecule has 4 rings (SSSR count). The molecule has 12 heteroatoms. The van der Waals surface area contributed by atoms with Crippen LogP contribution >= 0.6 is 0 Å². The van der Waals surface area contributed by atoms with Crippen LogP contribution in [0.5, 0.6) is 5.75 Å². The van der Waals surface area contributed by atoms with Crippen LogP contribution in [-0.2, 0) is 16.2 Å². The average molecular weight is 562 g/mol. The number of hydrogen-bond acceptors (Lipinski definition) is 6. The minimum absolute atomic E-state index is 0.236. The highest BCUT2D eigenvalue weighted by atomic mass is 19.4. The van der Waals surface area contributed by atoms with Crippen molar-refractivity contribution in [3.05, 3.63) is 71.4 Å². The van der Waals surface area contributed by atoms with Crippen LogP contribution in [0.3, 0.4) is 0 Å². The van der Waals surface area contributed by atoms with E-state index in [1.165, 1.54) is 0 Å². The van der Waals surface area contributed by atoms with Gasteiger partial charge in [0.05, 0.1) is 11.4 Å². The molecule has 0 aliphatic heterocycles. The van der Waals surface area contributed by atoms with Crippen molar-refractivity contribution in [2.45, 2.75) is 57.9 Å². The highest BCUT2D eigenvalue weighted by Crippen LogP contribution is 2.25. The molecule has 4 N–H and O–H groups in total. The van der Waals surface area contributed by atoms with E-state index >= 15 is 0 Å². The standard InChI is InChI=1S/C26H29N3O4.C2HF3O2/c1-17-15-19(21-7-5-6-10-23(21)27-17)16-33-20-13-11-18(12-14-20)25(30)28-24-9-4-2-3-8-22(24)26(31)29-32;3-2(4,5)1(6)7/h5-7,10-15,22,24,32H,2-4,8-9,16H2,1H3,(H,28,30)(H,29,31);(H,6,7)/t22-,24-;/m1./s1. The summed E-state index contributed by atoms with van der Waals surface area (Å²) in [5.74, 6) is -3.20. The Hall–Kier alpha value is -4.19. The van der Waals surface area contributed by atoms with Crippen molar-refractivity contribution in [2.24, 2.45) is 5.92 Å². The summed E-state index contributed by atoms with van der Waals surface area (Å²) < 4.78 is 37.7. The summed E-state index contributed by atoms with van der Waals surface area (Å²) in [6.07, 6.45) is -0.865. The van der Waals surface area contributed by atoms with Crippen molar-refractivity contribution < 1.29 is 42.6 Å². The van der Waals surface area contributed by atoms with E-state index in [0.717, 1.165) is 41.4 Å². The number of nitrogens with zero attached hydrogens (tertiary/aromatic N) is 1. The summed E-state index contributed by atoms with van der Waals surface area (Å²) in [6.45, 7) is 2.36. The van der Waals surface area contributed by atoms with Gasteiger partial charge in [-0.25, -0.2) is 10.3 Å². The fourth-order valence-corrected chi connectivity index (χ4v) is 4.51. The summed E-state index contributed by atoms with van der Waals surface area (Å²) in [7, 11) is 0. The van der Waals surface area contributed by atoms with Crippen molar-refractivity contribution >= 4 is 28.7 Å². The van der Waals surface area contributed by atoms with Gasteiger partial charge in [0.2, 0.25) is 5.91 Å². The maximum atomic E-state index is 12.8. The number of rotatable bonds is 6. The lowest BCUT2D eigenvalue weighted by molar-refractivity contribution is -0.192. The second-order valence-corrected chi connectivity index (χ2v) is 9.36. The summed E-state index contributed by atoms with van der Waals surface area (Å²) in [5.41, 5.74) is 5.18. The molecule has 2 atom stereocenters. The zero-order valence-electron chi connectivity index (χ0n) is 21.7. The van der Waals surface area contributed by atoms with Crippen LogP contribution in [0.4, 0.5) is 13.2 Å². The van der Waals surface area contributed by atoms with Crippen LogP contribution in [-0.4, -0.2) is 45.3 Å². The summed E-state index contributed by atoms with van der Waals surface area (Å²) >= 11 is 0. The highest BCUT2D eigenvalue weighted by Gasteiger charge is 2.38. The third-order valence-electron chi connectivity index (χ3n) is 6.46. The molecule has 1 aliphatic carbocycles. The van der Waals surface area contributed by atoms with Gasteiger partial charge in [0.1, 0.15) is 12.4 Å². The second-order valence-electron chi connectivity index (χ2n) is 9.36. The maximum Gasteiger partial charge on any atom is 0.490 e. The number of aliphatic carboxylic acids is 1. The van der Waals surface area contributed by atoms with Crippen LogP contribution in [0, 0.1) is 12.8 Å². The third kappa shape index (κ3) is 8.40. The average Bonchev–Trinajstić information content (AvgIpc) is 3.16. The van der Waals surface area contributed by atoms with Crippen LogP contribution in [0.1, 0.15) is 53.7 Å². The van der Waals surface area contributed by atoms with Crippen LogP contribution in [0.25, 0.3) is 10.9 Å². The molecule has 9 nitrogen and oxygen atoms in total. The third-order valence-corrected chi connectivity index (χ3v) is 6.46. The molecule has 0 unspecified atom stereocenters. The van der Waals surface area contributed by atoms with E-state index in [1.807, 2.05) is 37.3 Å². The second kappa shape index (κ2) is 13.7. The number of hydroxylamine groups is 1. The fraction of sp³-hybridized carbons (Fsp3) is 0.357. The van der Waals surface area contributed by atoms with E-state index < -0.39 is 24.0 Å². The van der Waals surface area contributed by atoms with Crippen molar-refractivity contribution in [3.63, 3.8) is 0 Å². The molecule has 1 heterocycles. The zero-order chi connectivity index (χ0) is 29.3. The Bertz CT molecular complexity index is 1330. The molecule has 3 aromatic rings. The number of fused-ring (bicyclic) bond motifs is 1. The number of pyridine rings is 1. The molecule has 214 valence electrons. The molecule has 40 heavy (non-hydrogen) atoms. The SMILES string of the molecule is Cc1cc(COc2ccc(C(=O)N[C@@H]3CCCCC[C@H]3C(=O)NO)cc2)c2ccccc2n1.O=C(O)C(F)(F)F. The van der Waals surface area contributed by atoms with E-state index in [0.29, 0.717) is 30.8 Å². The number of carbonyl (C=O) groups excluding carboxylic acids is 2. The molecule has 1 fully saturated rings. The van der Waals surface area contributed by atoms with Gasteiger partial charge >= 0.3 is 12.1 Å². The smallest absolute Gasteiger partial charge is 0.489 e. The fourth-order valence-electron chi connectivity index (χ4n) is 4.51. The highest BCUT2D eigenvalue weighted by molar-refractivity contribution is 5.95. The van der Waals surface area contributed by atoms with Gasteiger partial charge in [-0.15, -0.1) is 0 Å². The number of amides is 2. The Morgan fingerprint density at radius 2 is 1.68 bits per heavy atom. The van der Waals surface area contributed by atoms with Crippen LogP contribution in [0.2, 0.25) is 0 Å². The Balaban J connectivity index is 0.000000559. The first-order chi connectivity index (χ1) is 19.0. The van der Waals surface area contributed by atoms with Crippen molar-refractivity contribution in [1.82, 2.24) is 15.8 Å². The Labute approximate surface area is 228 Å². The van der Waals surface area contributed by atoms with Crippen molar-refractivity contribution in [3.8, 4) is 5.75 Å². The maximum absolute atomic E-state index is 12.8. The van der Waals surface area contributed by atoms with E-state index in [4.69, 9.17) is 19.8 Å². The number of hydrogen-bond donors (Lipinski definition) is 4. The first kappa shape index (κ1) is 30.4. The number of benzene rings is 2. The summed E-state index contributed by atoms with van der Waals surface area (Å²) in [6, 6.07) is 16.7. The minimum Gasteiger partial charge on any atom is -0.489 e. The van der Waals surface area contributed by atoms with Gasteiger partial charge in [-0.2, -0.15) is 13.2 Å². The first-order valence-corrected chi connectivity index (χ1v) is 12.6. The molecule has 1 saturated carbocycles. The molecule has 0 saturated heterocycles. The Morgan fingerprint density at radius 3 is 2.33 bits per heavy atom. The van der Waals surface area contributed by atoms with E-state index in [1.54, 1.807) is 29.7 Å². The van der Waals surface area contributed by atoms with Gasteiger partial charge < -0.3 is 15.2 Å². The number of carboxylic acids is 1. The van der Waals surface area contributed by atoms with Gasteiger partial charge in [0.15, 0.2) is 0 Å². The Kier molecular flexibility index (Phi) is 10.4. The van der Waals surface area contributed by atoms with Gasteiger partial charge in [0, 0.05) is 28.2 Å². The van der Waals surface area contributed by atoms with E-state index in [9.17, 15) is 22.8 Å². The van der Waals surface area contributed by atoms with Crippen LogP contribution in [0.15, 0.2) is 54.6 Å². The molecule has 1 aromatic heterocycles. The summed E-state index contributed by atoms with van der Waals surface area (Å²) in [5, 5.41) is 20.2. The zero-order valence-corrected chi connectivity index (χ0v) is 21.7. The molecule has 1 aliphatic rings. The number of carboxylic acid groups (broad SMARTS) is 1. The summed E-state index contributed by atoms with van der Waals surface area (Å²) in [4.78, 5) is 38.3. The van der Waals surface area contributed by atoms with Crippen molar-refractivity contribution in [2.75, 3.05) is 0 Å². The number of halogens is 3. The number of aryl methyl sites for hydroxylation is 1. The quantitative estimate of drug-likeness (QED) is 0.190. The lowest BCUT2D eigenvalue weighted by atomic mass is 9.93. The lowest BCUT2D eigenvalue weighted by Gasteiger charge is -2.24.